The van der Waals surface area contributed by atoms with Crippen molar-refractivity contribution >= 4 is 27.6 Å². The topological polar surface area (TPSA) is 83.5 Å². The Labute approximate surface area is 124 Å². The van der Waals surface area contributed by atoms with Gasteiger partial charge in [-0.1, -0.05) is 37.4 Å². The monoisotopic (exact) mass is 319 g/mol. The van der Waals surface area contributed by atoms with Crippen LogP contribution in [0.15, 0.2) is 23.1 Å². The Hall–Kier alpha value is -1.11. The molecule has 7 heteroatoms. The summed E-state index contributed by atoms with van der Waals surface area (Å²) in [5.41, 5.74) is 0.732. The standard InChI is InChI=1S/C13H18ClNO4S/c1-3-4-5-11(13(16)17)15-20(18,19)12-8-9(2)6-7-10(12)14/h6-8,11,15H,3-5H2,1-2H3,(H,16,17)/t11-/m0/s1. The number of hydrogen-bond acceptors (Lipinski definition) is 3. The Bertz CT molecular complexity index is 586. The van der Waals surface area contributed by atoms with Gasteiger partial charge in [-0.05, 0) is 31.0 Å². The summed E-state index contributed by atoms with van der Waals surface area (Å²) in [4.78, 5) is 11.0. The lowest BCUT2D eigenvalue weighted by atomic mass is 10.1. The maximum absolute atomic E-state index is 12.2. The molecule has 0 saturated heterocycles. The van der Waals surface area contributed by atoms with Gasteiger partial charge in [-0.2, -0.15) is 4.72 Å². The average Bonchev–Trinajstić information content (AvgIpc) is 2.36. The Morgan fingerprint density at radius 1 is 1.45 bits per heavy atom. The number of carboxylic acids is 1. The molecule has 0 radical (unpaired) electrons. The molecule has 0 fully saturated rings. The van der Waals surface area contributed by atoms with Gasteiger partial charge in [-0.25, -0.2) is 8.42 Å². The quantitative estimate of drug-likeness (QED) is 0.809. The molecule has 1 aromatic rings. The van der Waals surface area contributed by atoms with Crippen molar-refractivity contribution in [3.05, 3.63) is 28.8 Å². The first-order valence-corrected chi connectivity index (χ1v) is 8.15. The first-order valence-electron chi connectivity index (χ1n) is 6.29. The van der Waals surface area contributed by atoms with Gasteiger partial charge in [0.15, 0.2) is 0 Å². The summed E-state index contributed by atoms with van der Waals surface area (Å²) in [5.74, 6) is -1.19. The number of carboxylic acid groups (broad SMARTS) is 1. The number of aryl methyl sites for hydroxylation is 1. The molecule has 0 aliphatic heterocycles. The van der Waals surface area contributed by atoms with Gasteiger partial charge >= 0.3 is 5.97 Å². The zero-order valence-corrected chi connectivity index (χ0v) is 13.0. The van der Waals surface area contributed by atoms with E-state index < -0.39 is 22.0 Å². The third-order valence-electron chi connectivity index (χ3n) is 2.82. The third kappa shape index (κ3) is 4.47. The predicted molar refractivity (Wildman–Crippen MR) is 77.5 cm³/mol. The van der Waals surface area contributed by atoms with Gasteiger partial charge in [0.1, 0.15) is 10.9 Å². The molecule has 2 N–H and O–H groups in total. The van der Waals surface area contributed by atoms with E-state index in [0.29, 0.717) is 6.42 Å². The van der Waals surface area contributed by atoms with Crippen LogP contribution in [0.25, 0.3) is 0 Å². The number of rotatable bonds is 7. The van der Waals surface area contributed by atoms with Gasteiger partial charge in [0.2, 0.25) is 10.0 Å². The summed E-state index contributed by atoms with van der Waals surface area (Å²) >= 11 is 5.88. The Morgan fingerprint density at radius 3 is 2.65 bits per heavy atom. The lowest BCUT2D eigenvalue weighted by Gasteiger charge is -2.15. The highest BCUT2D eigenvalue weighted by Gasteiger charge is 2.26. The number of unbranched alkanes of at least 4 members (excludes halogenated alkanes) is 1. The Kier molecular flexibility index (Phi) is 5.98. The van der Waals surface area contributed by atoms with Crippen LogP contribution >= 0.6 is 11.6 Å². The summed E-state index contributed by atoms with van der Waals surface area (Å²) in [6, 6.07) is 3.44. The van der Waals surface area contributed by atoms with E-state index in [1.165, 1.54) is 12.1 Å². The van der Waals surface area contributed by atoms with E-state index in [9.17, 15) is 13.2 Å². The smallest absolute Gasteiger partial charge is 0.321 e. The number of nitrogens with one attached hydrogen (secondary N) is 1. The molecule has 1 rings (SSSR count). The molecule has 20 heavy (non-hydrogen) atoms. The molecule has 1 atom stereocenters. The van der Waals surface area contributed by atoms with E-state index in [4.69, 9.17) is 16.7 Å². The minimum atomic E-state index is -3.95. The van der Waals surface area contributed by atoms with Crippen LogP contribution in [0.1, 0.15) is 31.7 Å². The zero-order chi connectivity index (χ0) is 15.3. The molecule has 0 amide bonds. The fourth-order valence-electron chi connectivity index (χ4n) is 1.71. The van der Waals surface area contributed by atoms with Gasteiger partial charge in [0, 0.05) is 0 Å². The molecule has 112 valence electrons. The van der Waals surface area contributed by atoms with E-state index in [1.807, 2.05) is 6.92 Å². The minimum Gasteiger partial charge on any atom is -0.480 e. The van der Waals surface area contributed by atoms with Crippen LogP contribution in [-0.2, 0) is 14.8 Å². The van der Waals surface area contributed by atoms with Crippen LogP contribution in [-0.4, -0.2) is 25.5 Å². The van der Waals surface area contributed by atoms with Crippen molar-refractivity contribution in [1.29, 1.82) is 0 Å². The first kappa shape index (κ1) is 16.9. The fourth-order valence-corrected chi connectivity index (χ4v) is 3.52. The number of hydrogen-bond donors (Lipinski definition) is 2. The Morgan fingerprint density at radius 2 is 2.10 bits per heavy atom. The van der Waals surface area contributed by atoms with Gasteiger partial charge < -0.3 is 5.11 Å². The zero-order valence-electron chi connectivity index (χ0n) is 11.4. The second-order valence-corrected chi connectivity index (χ2v) is 6.68. The molecule has 0 aliphatic carbocycles. The van der Waals surface area contributed by atoms with Gasteiger partial charge in [0.05, 0.1) is 5.02 Å². The van der Waals surface area contributed by atoms with Crippen LogP contribution in [0.3, 0.4) is 0 Å². The summed E-state index contributed by atoms with van der Waals surface area (Å²) < 4.78 is 26.6. The van der Waals surface area contributed by atoms with Gasteiger partial charge in [0.25, 0.3) is 0 Å². The first-order chi connectivity index (χ1) is 9.27. The molecule has 0 aromatic heterocycles. The molecule has 0 unspecified atom stereocenters. The highest BCUT2D eigenvalue weighted by Crippen LogP contribution is 2.22. The minimum absolute atomic E-state index is 0.0720. The van der Waals surface area contributed by atoms with Crippen LogP contribution in [0.2, 0.25) is 5.02 Å². The van der Waals surface area contributed by atoms with E-state index in [2.05, 4.69) is 4.72 Å². The van der Waals surface area contributed by atoms with Gasteiger partial charge in [-0.3, -0.25) is 4.79 Å². The molecular formula is C13H18ClNO4S. The molecule has 1 aromatic carbocycles. The van der Waals surface area contributed by atoms with Crippen LogP contribution < -0.4 is 4.72 Å². The maximum atomic E-state index is 12.2. The predicted octanol–water partition coefficient (Wildman–Crippen LogP) is 2.57. The normalized spacial score (nSPS) is 13.2. The number of halogens is 1. The molecule has 0 spiro atoms. The summed E-state index contributed by atoms with van der Waals surface area (Å²) in [7, 11) is -3.95. The lowest BCUT2D eigenvalue weighted by Crippen LogP contribution is -2.40. The van der Waals surface area contributed by atoms with Crippen LogP contribution in [0.4, 0.5) is 0 Å². The fraction of sp³-hybridized carbons (Fsp3) is 0.462. The highest BCUT2D eigenvalue weighted by molar-refractivity contribution is 7.89. The van der Waals surface area contributed by atoms with Crippen molar-refractivity contribution in [2.24, 2.45) is 0 Å². The summed E-state index contributed by atoms with van der Waals surface area (Å²) in [6.45, 7) is 3.64. The third-order valence-corrected chi connectivity index (χ3v) is 4.77. The second-order valence-electron chi connectivity index (χ2n) is 4.59. The SMILES string of the molecule is CCCC[C@H](NS(=O)(=O)c1cc(C)ccc1Cl)C(=O)O. The molecule has 0 bridgehead atoms. The van der Waals surface area contributed by atoms with Crippen molar-refractivity contribution in [2.75, 3.05) is 0 Å². The van der Waals surface area contributed by atoms with Gasteiger partial charge in [-0.15, -0.1) is 0 Å². The highest BCUT2D eigenvalue weighted by atomic mass is 35.5. The summed E-state index contributed by atoms with van der Waals surface area (Å²) in [6.07, 6.45) is 1.66. The van der Waals surface area contributed by atoms with Crippen molar-refractivity contribution < 1.29 is 18.3 Å². The van der Waals surface area contributed by atoms with Crippen molar-refractivity contribution in [2.45, 2.75) is 44.0 Å². The number of benzene rings is 1. The number of aliphatic carboxylic acids is 1. The van der Waals surface area contributed by atoms with E-state index >= 15 is 0 Å². The van der Waals surface area contributed by atoms with Crippen molar-refractivity contribution in [3.8, 4) is 0 Å². The van der Waals surface area contributed by atoms with Crippen molar-refractivity contribution in [1.82, 2.24) is 4.72 Å². The van der Waals surface area contributed by atoms with Crippen LogP contribution in [0.5, 0.6) is 0 Å². The largest absolute Gasteiger partial charge is 0.480 e. The average molecular weight is 320 g/mol. The van der Waals surface area contributed by atoms with Crippen molar-refractivity contribution in [3.63, 3.8) is 0 Å². The number of sulfonamides is 1. The second kappa shape index (κ2) is 7.06. The lowest BCUT2D eigenvalue weighted by molar-refractivity contribution is -0.139. The Balaban J connectivity index is 3.03. The van der Waals surface area contributed by atoms with Crippen LogP contribution in [0, 0.1) is 6.92 Å². The summed E-state index contributed by atoms with van der Waals surface area (Å²) in [5, 5.41) is 9.15. The molecule has 0 saturated carbocycles. The maximum Gasteiger partial charge on any atom is 0.321 e. The van der Waals surface area contributed by atoms with E-state index in [0.717, 1.165) is 12.0 Å². The molecule has 0 heterocycles. The molecule has 5 nitrogen and oxygen atoms in total. The number of carbonyl (C=O) groups is 1. The molecular weight excluding hydrogens is 302 g/mol. The van der Waals surface area contributed by atoms with E-state index in [-0.39, 0.29) is 16.3 Å². The van der Waals surface area contributed by atoms with E-state index in [1.54, 1.807) is 13.0 Å². The molecule has 0 aliphatic rings.